The van der Waals surface area contributed by atoms with Gasteiger partial charge in [0, 0.05) is 26.1 Å². The van der Waals surface area contributed by atoms with Gasteiger partial charge in [-0.2, -0.15) is 9.29 Å². The van der Waals surface area contributed by atoms with Crippen LogP contribution in [0.5, 0.6) is 0 Å². The third-order valence-corrected chi connectivity index (χ3v) is 6.09. The van der Waals surface area contributed by atoms with Crippen LogP contribution >= 0.6 is 0 Å². The van der Waals surface area contributed by atoms with Crippen molar-refractivity contribution in [2.24, 2.45) is 7.05 Å². The van der Waals surface area contributed by atoms with E-state index in [2.05, 4.69) is 20.5 Å². The molecule has 3 heterocycles. The van der Waals surface area contributed by atoms with Crippen molar-refractivity contribution in [2.75, 3.05) is 13.1 Å². The van der Waals surface area contributed by atoms with Gasteiger partial charge in [-0.1, -0.05) is 10.4 Å². The van der Waals surface area contributed by atoms with Crippen LogP contribution < -0.4 is 0 Å². The fourth-order valence-corrected chi connectivity index (χ4v) is 4.25. The zero-order valence-electron chi connectivity index (χ0n) is 12.1. The highest BCUT2D eigenvalue weighted by molar-refractivity contribution is 7.89. The molecule has 10 heteroatoms. The molecule has 1 aliphatic carbocycles. The molecule has 0 spiro atoms. The molecule has 0 N–H and O–H groups in total. The van der Waals surface area contributed by atoms with Gasteiger partial charge in [-0.15, -0.1) is 5.10 Å². The summed E-state index contributed by atoms with van der Waals surface area (Å²) in [6.45, 7) is 0.777. The largest absolute Gasteiger partial charge is 0.339 e. The Bertz CT molecular complexity index is 793. The van der Waals surface area contributed by atoms with Gasteiger partial charge in [0.15, 0.2) is 10.9 Å². The first kappa shape index (κ1) is 13.8. The second kappa shape index (κ2) is 4.85. The van der Waals surface area contributed by atoms with Crippen LogP contribution in [0.15, 0.2) is 15.7 Å². The molecule has 1 saturated heterocycles. The average Bonchev–Trinajstić information content (AvgIpc) is 2.95. The molecule has 2 aromatic heterocycles. The van der Waals surface area contributed by atoms with Crippen molar-refractivity contribution in [3.8, 4) is 0 Å². The minimum Gasteiger partial charge on any atom is -0.339 e. The molecule has 1 unspecified atom stereocenters. The third-order valence-electron chi connectivity index (χ3n) is 4.18. The summed E-state index contributed by atoms with van der Waals surface area (Å²) in [6, 6.07) is 0. The molecule has 2 aromatic rings. The molecule has 0 radical (unpaired) electrons. The first-order chi connectivity index (χ1) is 10.6. The van der Waals surface area contributed by atoms with Gasteiger partial charge in [0.25, 0.3) is 10.0 Å². The summed E-state index contributed by atoms with van der Waals surface area (Å²) in [5, 5.41) is 11.4. The Balaban J connectivity index is 1.53. The highest BCUT2D eigenvalue weighted by Crippen LogP contribution is 2.39. The van der Waals surface area contributed by atoms with E-state index in [1.165, 1.54) is 15.2 Å². The Hall–Kier alpha value is -1.81. The number of hydrogen-bond acceptors (Lipinski definition) is 7. The Kier molecular flexibility index (Phi) is 3.05. The number of sulfonamides is 1. The molecular formula is C12H16N6O3S. The lowest BCUT2D eigenvalue weighted by molar-refractivity contribution is 0.350. The molecule has 118 valence electrons. The Morgan fingerprint density at radius 3 is 2.77 bits per heavy atom. The van der Waals surface area contributed by atoms with E-state index in [4.69, 9.17) is 4.52 Å². The summed E-state index contributed by atoms with van der Waals surface area (Å²) < 4.78 is 33.2. The lowest BCUT2D eigenvalue weighted by Gasteiger charge is -2.15. The second-order valence-corrected chi connectivity index (χ2v) is 7.69. The molecule has 0 aromatic carbocycles. The zero-order valence-corrected chi connectivity index (χ0v) is 12.9. The van der Waals surface area contributed by atoms with Gasteiger partial charge in [-0.05, 0) is 19.3 Å². The molecular weight excluding hydrogens is 308 g/mol. The Labute approximate surface area is 127 Å². The van der Waals surface area contributed by atoms with Gasteiger partial charge >= 0.3 is 0 Å². The first-order valence-corrected chi connectivity index (χ1v) is 8.68. The van der Waals surface area contributed by atoms with Crippen LogP contribution in [0.25, 0.3) is 0 Å². The molecule has 4 rings (SSSR count). The molecule has 1 atom stereocenters. The van der Waals surface area contributed by atoms with Gasteiger partial charge in [0.2, 0.25) is 5.89 Å². The summed E-state index contributed by atoms with van der Waals surface area (Å²) in [6.07, 6.45) is 4.16. The maximum atomic E-state index is 12.6. The molecule has 1 aliphatic heterocycles. The standard InChI is InChI=1S/C12H16N6O3S/c1-17-10(6-13-16-17)22(19,20)18-5-4-9(7-18)12-14-11(15-21-12)8-2-3-8/h6,8-9H,2-5,7H2,1H3. The van der Waals surface area contributed by atoms with E-state index in [0.717, 1.165) is 18.7 Å². The van der Waals surface area contributed by atoms with Gasteiger partial charge in [-0.3, -0.25) is 0 Å². The van der Waals surface area contributed by atoms with Crippen LogP contribution in [0.2, 0.25) is 0 Å². The van der Waals surface area contributed by atoms with Gasteiger partial charge in [-0.25, -0.2) is 13.1 Å². The fourth-order valence-electron chi connectivity index (χ4n) is 2.71. The third kappa shape index (κ3) is 2.22. The van der Waals surface area contributed by atoms with E-state index in [1.54, 1.807) is 7.05 Å². The lowest BCUT2D eigenvalue weighted by atomic mass is 10.1. The van der Waals surface area contributed by atoms with E-state index in [-0.39, 0.29) is 10.9 Å². The summed E-state index contributed by atoms with van der Waals surface area (Å²) in [5.74, 6) is 1.69. The van der Waals surface area contributed by atoms with Crippen LogP contribution in [-0.4, -0.2) is 50.9 Å². The minimum atomic E-state index is -3.58. The molecule has 22 heavy (non-hydrogen) atoms. The average molecular weight is 324 g/mol. The van der Waals surface area contributed by atoms with Crippen LogP contribution in [0.1, 0.15) is 42.8 Å². The van der Waals surface area contributed by atoms with Crippen molar-refractivity contribution in [2.45, 2.75) is 36.1 Å². The lowest BCUT2D eigenvalue weighted by Crippen LogP contribution is -2.30. The van der Waals surface area contributed by atoms with Crippen LogP contribution in [-0.2, 0) is 17.1 Å². The monoisotopic (exact) mass is 324 g/mol. The molecule has 9 nitrogen and oxygen atoms in total. The first-order valence-electron chi connectivity index (χ1n) is 7.24. The van der Waals surface area contributed by atoms with Crippen molar-refractivity contribution >= 4 is 10.0 Å². The van der Waals surface area contributed by atoms with E-state index < -0.39 is 10.0 Å². The quantitative estimate of drug-likeness (QED) is 0.793. The minimum absolute atomic E-state index is 0.0454. The highest BCUT2D eigenvalue weighted by Gasteiger charge is 2.38. The van der Waals surface area contributed by atoms with Crippen molar-refractivity contribution in [3.05, 3.63) is 17.9 Å². The number of rotatable bonds is 4. The van der Waals surface area contributed by atoms with Gasteiger partial charge in [0.1, 0.15) is 0 Å². The van der Waals surface area contributed by atoms with Crippen LogP contribution in [0.4, 0.5) is 0 Å². The summed E-state index contributed by atoms with van der Waals surface area (Å²) in [7, 11) is -2.02. The zero-order chi connectivity index (χ0) is 15.3. The van der Waals surface area contributed by atoms with Crippen LogP contribution in [0.3, 0.4) is 0 Å². The SMILES string of the molecule is Cn1nncc1S(=O)(=O)N1CCC(c2nc(C3CC3)no2)C1. The summed E-state index contributed by atoms with van der Waals surface area (Å²) in [4.78, 5) is 4.42. The van der Waals surface area contributed by atoms with E-state index >= 15 is 0 Å². The number of hydrogen-bond donors (Lipinski definition) is 0. The van der Waals surface area contributed by atoms with Gasteiger partial charge < -0.3 is 4.52 Å². The number of aryl methyl sites for hydroxylation is 1. The number of aromatic nitrogens is 5. The fraction of sp³-hybridized carbons (Fsp3) is 0.667. The smallest absolute Gasteiger partial charge is 0.261 e. The molecule has 1 saturated carbocycles. The maximum absolute atomic E-state index is 12.6. The Morgan fingerprint density at radius 1 is 1.27 bits per heavy atom. The summed E-state index contributed by atoms with van der Waals surface area (Å²) >= 11 is 0. The normalized spacial score (nSPS) is 23.2. The highest BCUT2D eigenvalue weighted by atomic mass is 32.2. The molecule has 2 aliphatic rings. The van der Waals surface area contributed by atoms with Crippen molar-refractivity contribution in [3.63, 3.8) is 0 Å². The van der Waals surface area contributed by atoms with Crippen molar-refractivity contribution < 1.29 is 12.9 Å². The van der Waals surface area contributed by atoms with E-state index in [0.29, 0.717) is 31.3 Å². The predicted molar refractivity (Wildman–Crippen MR) is 73.4 cm³/mol. The Morgan fingerprint density at radius 2 is 2.09 bits per heavy atom. The van der Waals surface area contributed by atoms with Crippen molar-refractivity contribution in [1.82, 2.24) is 29.4 Å². The topological polar surface area (TPSA) is 107 Å². The maximum Gasteiger partial charge on any atom is 0.261 e. The molecule has 0 bridgehead atoms. The van der Waals surface area contributed by atoms with Crippen LogP contribution in [0, 0.1) is 0 Å². The number of nitrogens with zero attached hydrogens (tertiary/aromatic N) is 6. The van der Waals surface area contributed by atoms with Crippen molar-refractivity contribution in [1.29, 1.82) is 0 Å². The van der Waals surface area contributed by atoms with E-state index in [1.807, 2.05) is 0 Å². The predicted octanol–water partition coefficient (Wildman–Crippen LogP) is 0.254. The van der Waals surface area contributed by atoms with Gasteiger partial charge in [0.05, 0.1) is 12.1 Å². The molecule has 0 amide bonds. The second-order valence-electron chi connectivity index (χ2n) is 5.81. The van der Waals surface area contributed by atoms with E-state index in [9.17, 15) is 8.42 Å². The summed E-state index contributed by atoms with van der Waals surface area (Å²) in [5.41, 5.74) is 0. The molecule has 2 fully saturated rings.